The van der Waals surface area contributed by atoms with E-state index in [1.54, 1.807) is 0 Å². The molecule has 1 N–H and O–H groups in total. The highest BCUT2D eigenvalue weighted by Gasteiger charge is 2.19. The van der Waals surface area contributed by atoms with Gasteiger partial charge >= 0.3 is 5.97 Å². The quantitative estimate of drug-likeness (QED) is 0.560. The van der Waals surface area contributed by atoms with Crippen molar-refractivity contribution in [1.29, 1.82) is 0 Å². The van der Waals surface area contributed by atoms with Gasteiger partial charge in [0.25, 0.3) is 0 Å². The van der Waals surface area contributed by atoms with Crippen molar-refractivity contribution in [3.05, 3.63) is 0 Å². The monoisotopic (exact) mass is 286 g/mol. The summed E-state index contributed by atoms with van der Waals surface area (Å²) in [7, 11) is 1.46. The van der Waals surface area contributed by atoms with Crippen LogP contribution in [0.25, 0.3) is 0 Å². The first-order valence-electron chi connectivity index (χ1n) is 8.16. The van der Waals surface area contributed by atoms with E-state index in [4.69, 9.17) is 4.74 Å². The molecule has 0 aromatic carbocycles. The van der Waals surface area contributed by atoms with Crippen LogP contribution in [0.3, 0.4) is 0 Å². The molecule has 0 aliphatic heterocycles. The van der Waals surface area contributed by atoms with E-state index in [-0.39, 0.29) is 12.0 Å². The SMILES string of the molecule is CCCNC(CCN(CC)CC(CC)CC)C(=O)OC. The second-order valence-electron chi connectivity index (χ2n) is 5.39. The summed E-state index contributed by atoms with van der Waals surface area (Å²) in [5, 5.41) is 3.28. The van der Waals surface area contributed by atoms with Gasteiger partial charge in [-0.05, 0) is 31.8 Å². The van der Waals surface area contributed by atoms with Crippen LogP contribution in [0.2, 0.25) is 0 Å². The molecule has 4 heteroatoms. The Morgan fingerprint density at radius 3 is 2.30 bits per heavy atom. The summed E-state index contributed by atoms with van der Waals surface area (Å²) in [6.45, 7) is 12.8. The van der Waals surface area contributed by atoms with E-state index in [0.29, 0.717) is 0 Å². The summed E-state index contributed by atoms with van der Waals surface area (Å²) in [6.07, 6.45) is 4.29. The van der Waals surface area contributed by atoms with Crippen LogP contribution in [0.15, 0.2) is 0 Å². The molecular formula is C16H34N2O2. The molecule has 20 heavy (non-hydrogen) atoms. The zero-order valence-electron chi connectivity index (χ0n) is 14.1. The average Bonchev–Trinajstić information content (AvgIpc) is 2.49. The molecule has 0 rings (SSSR count). The van der Waals surface area contributed by atoms with E-state index in [1.165, 1.54) is 20.0 Å². The summed E-state index contributed by atoms with van der Waals surface area (Å²) < 4.78 is 4.88. The lowest BCUT2D eigenvalue weighted by atomic mass is 10.0. The van der Waals surface area contributed by atoms with Crippen molar-refractivity contribution in [2.75, 3.05) is 33.3 Å². The van der Waals surface area contributed by atoms with Gasteiger partial charge in [-0.2, -0.15) is 0 Å². The largest absolute Gasteiger partial charge is 0.468 e. The van der Waals surface area contributed by atoms with E-state index in [9.17, 15) is 4.79 Å². The molecule has 0 bridgehead atoms. The Kier molecular flexibility index (Phi) is 11.8. The first-order chi connectivity index (χ1) is 9.62. The summed E-state index contributed by atoms with van der Waals surface area (Å²) in [4.78, 5) is 14.2. The van der Waals surface area contributed by atoms with Crippen molar-refractivity contribution < 1.29 is 9.53 Å². The van der Waals surface area contributed by atoms with Crippen LogP contribution in [-0.4, -0.2) is 50.2 Å². The minimum Gasteiger partial charge on any atom is -0.468 e. The average molecular weight is 286 g/mol. The van der Waals surface area contributed by atoms with Crippen molar-refractivity contribution in [2.24, 2.45) is 5.92 Å². The number of hydrogen-bond acceptors (Lipinski definition) is 4. The normalized spacial score (nSPS) is 12.9. The van der Waals surface area contributed by atoms with Crippen LogP contribution in [0.5, 0.6) is 0 Å². The van der Waals surface area contributed by atoms with Crippen LogP contribution < -0.4 is 5.32 Å². The van der Waals surface area contributed by atoms with E-state index >= 15 is 0 Å². The van der Waals surface area contributed by atoms with Crippen LogP contribution in [0.1, 0.15) is 53.4 Å². The number of nitrogens with zero attached hydrogens (tertiary/aromatic N) is 1. The lowest BCUT2D eigenvalue weighted by Crippen LogP contribution is -2.41. The van der Waals surface area contributed by atoms with E-state index < -0.39 is 0 Å². The van der Waals surface area contributed by atoms with Gasteiger partial charge in [-0.3, -0.25) is 4.79 Å². The highest BCUT2D eigenvalue weighted by Crippen LogP contribution is 2.10. The molecule has 1 unspecified atom stereocenters. The zero-order chi connectivity index (χ0) is 15.4. The second-order valence-corrected chi connectivity index (χ2v) is 5.39. The number of methoxy groups -OCH3 is 1. The molecule has 0 amide bonds. The fourth-order valence-electron chi connectivity index (χ4n) is 2.37. The highest BCUT2D eigenvalue weighted by molar-refractivity contribution is 5.75. The highest BCUT2D eigenvalue weighted by atomic mass is 16.5. The smallest absolute Gasteiger partial charge is 0.322 e. The predicted molar refractivity (Wildman–Crippen MR) is 84.9 cm³/mol. The number of hydrogen-bond donors (Lipinski definition) is 1. The van der Waals surface area contributed by atoms with Gasteiger partial charge in [-0.15, -0.1) is 0 Å². The molecular weight excluding hydrogens is 252 g/mol. The third kappa shape index (κ3) is 7.85. The molecule has 0 radical (unpaired) electrons. The Balaban J connectivity index is 4.29. The Bertz CT molecular complexity index is 243. The topological polar surface area (TPSA) is 41.6 Å². The van der Waals surface area contributed by atoms with E-state index in [2.05, 4.69) is 37.9 Å². The van der Waals surface area contributed by atoms with Crippen molar-refractivity contribution in [3.8, 4) is 0 Å². The zero-order valence-corrected chi connectivity index (χ0v) is 14.1. The van der Waals surface area contributed by atoms with Crippen LogP contribution in [0.4, 0.5) is 0 Å². The van der Waals surface area contributed by atoms with Gasteiger partial charge in [-0.1, -0.05) is 40.5 Å². The Morgan fingerprint density at radius 2 is 1.85 bits per heavy atom. The number of nitrogens with one attached hydrogen (secondary N) is 1. The Labute approximate surface area is 125 Å². The van der Waals surface area contributed by atoms with Crippen molar-refractivity contribution >= 4 is 5.97 Å². The van der Waals surface area contributed by atoms with Gasteiger partial charge in [-0.25, -0.2) is 0 Å². The number of esters is 1. The molecule has 0 saturated carbocycles. The van der Waals surface area contributed by atoms with Crippen molar-refractivity contribution in [3.63, 3.8) is 0 Å². The number of carbonyl (C=O) groups excluding carboxylic acids is 1. The van der Waals surface area contributed by atoms with Crippen LogP contribution >= 0.6 is 0 Å². The van der Waals surface area contributed by atoms with E-state index in [1.807, 2.05) is 0 Å². The first kappa shape index (κ1) is 19.4. The second kappa shape index (κ2) is 12.2. The summed E-state index contributed by atoms with van der Waals surface area (Å²) >= 11 is 0. The lowest BCUT2D eigenvalue weighted by molar-refractivity contribution is -0.143. The molecule has 0 heterocycles. The third-order valence-corrected chi connectivity index (χ3v) is 3.98. The maximum Gasteiger partial charge on any atom is 0.322 e. The molecule has 0 aromatic heterocycles. The fourth-order valence-corrected chi connectivity index (χ4v) is 2.37. The number of ether oxygens (including phenoxy) is 1. The summed E-state index contributed by atoms with van der Waals surface area (Å²) in [5.41, 5.74) is 0. The molecule has 4 nitrogen and oxygen atoms in total. The third-order valence-electron chi connectivity index (χ3n) is 3.98. The number of carbonyl (C=O) groups is 1. The van der Waals surface area contributed by atoms with Crippen molar-refractivity contribution in [1.82, 2.24) is 10.2 Å². The Morgan fingerprint density at radius 1 is 1.20 bits per heavy atom. The van der Waals surface area contributed by atoms with Gasteiger partial charge in [0.05, 0.1) is 7.11 Å². The van der Waals surface area contributed by atoms with E-state index in [0.717, 1.165) is 44.9 Å². The molecule has 120 valence electrons. The van der Waals surface area contributed by atoms with Gasteiger partial charge in [0.1, 0.15) is 6.04 Å². The molecule has 0 aromatic rings. The summed E-state index contributed by atoms with van der Waals surface area (Å²) in [5.74, 6) is 0.618. The maximum atomic E-state index is 11.8. The molecule has 0 aliphatic carbocycles. The lowest BCUT2D eigenvalue weighted by Gasteiger charge is -2.27. The predicted octanol–water partition coefficient (Wildman–Crippen LogP) is 2.68. The maximum absolute atomic E-state index is 11.8. The van der Waals surface area contributed by atoms with Crippen LogP contribution in [0, 0.1) is 5.92 Å². The fraction of sp³-hybridized carbons (Fsp3) is 0.938. The minimum atomic E-state index is -0.171. The molecule has 0 fully saturated rings. The van der Waals surface area contributed by atoms with Gasteiger partial charge in [0.15, 0.2) is 0 Å². The minimum absolute atomic E-state index is 0.142. The van der Waals surface area contributed by atoms with Gasteiger partial charge < -0.3 is 15.0 Å². The number of rotatable bonds is 12. The Hall–Kier alpha value is -0.610. The van der Waals surface area contributed by atoms with Gasteiger partial charge in [0.2, 0.25) is 0 Å². The van der Waals surface area contributed by atoms with Crippen LogP contribution in [-0.2, 0) is 9.53 Å². The molecule has 0 saturated heterocycles. The van der Waals surface area contributed by atoms with Gasteiger partial charge in [0, 0.05) is 13.1 Å². The molecule has 0 aliphatic rings. The summed E-state index contributed by atoms with van der Waals surface area (Å²) in [6, 6.07) is -0.171. The molecule has 1 atom stereocenters. The first-order valence-corrected chi connectivity index (χ1v) is 8.16. The standard InChI is InChI=1S/C16H34N2O2/c1-6-11-17-15(16(19)20-5)10-12-18(9-4)13-14(7-2)8-3/h14-15,17H,6-13H2,1-5H3. The van der Waals surface area contributed by atoms with Crippen molar-refractivity contribution in [2.45, 2.75) is 59.4 Å². The molecule has 0 spiro atoms.